The van der Waals surface area contributed by atoms with Crippen molar-refractivity contribution in [1.29, 1.82) is 0 Å². The summed E-state index contributed by atoms with van der Waals surface area (Å²) in [4.78, 5) is 0. The van der Waals surface area contributed by atoms with E-state index in [0.29, 0.717) is 18.3 Å². The predicted octanol–water partition coefficient (Wildman–Crippen LogP) is 3.58. The largest absolute Gasteiger partial charge is 0.492 e. The summed E-state index contributed by atoms with van der Waals surface area (Å²) in [5.41, 5.74) is 5.55. The van der Waals surface area contributed by atoms with Gasteiger partial charge in [-0.05, 0) is 30.4 Å². The molecule has 1 aliphatic rings. The van der Waals surface area contributed by atoms with Crippen molar-refractivity contribution in [2.45, 2.75) is 12.8 Å². The SMILES string of the molecule is Nc1cc(OCC2CCCSC2)c(Cl)cc1F. The molecule has 1 aromatic carbocycles. The van der Waals surface area contributed by atoms with E-state index in [4.69, 9.17) is 22.1 Å². The van der Waals surface area contributed by atoms with Gasteiger partial charge in [0.1, 0.15) is 11.6 Å². The molecule has 0 spiro atoms. The number of hydrogen-bond acceptors (Lipinski definition) is 3. The second-order valence-electron chi connectivity index (χ2n) is 4.20. The van der Waals surface area contributed by atoms with Crippen LogP contribution in [-0.4, -0.2) is 18.1 Å². The van der Waals surface area contributed by atoms with E-state index in [9.17, 15) is 4.39 Å². The van der Waals surface area contributed by atoms with Crippen LogP contribution in [-0.2, 0) is 0 Å². The molecule has 1 heterocycles. The van der Waals surface area contributed by atoms with E-state index in [0.717, 1.165) is 5.75 Å². The molecule has 1 atom stereocenters. The van der Waals surface area contributed by atoms with Crippen molar-refractivity contribution in [1.82, 2.24) is 0 Å². The van der Waals surface area contributed by atoms with Gasteiger partial charge < -0.3 is 10.5 Å². The maximum absolute atomic E-state index is 13.1. The molecule has 0 bridgehead atoms. The summed E-state index contributed by atoms with van der Waals surface area (Å²) in [5.74, 6) is 2.88. The Bertz CT molecular complexity index is 396. The Hall–Kier alpha value is -0.610. The van der Waals surface area contributed by atoms with Crippen LogP contribution < -0.4 is 10.5 Å². The number of nitrogens with two attached hydrogens (primary N) is 1. The van der Waals surface area contributed by atoms with Gasteiger partial charge in [-0.25, -0.2) is 4.39 Å². The summed E-state index contributed by atoms with van der Waals surface area (Å²) < 4.78 is 18.7. The van der Waals surface area contributed by atoms with Crippen molar-refractivity contribution >= 4 is 29.1 Å². The van der Waals surface area contributed by atoms with Gasteiger partial charge in [-0.1, -0.05) is 11.6 Å². The minimum Gasteiger partial charge on any atom is -0.492 e. The summed E-state index contributed by atoms with van der Waals surface area (Å²) in [6, 6.07) is 2.65. The van der Waals surface area contributed by atoms with Crippen molar-refractivity contribution in [3.63, 3.8) is 0 Å². The van der Waals surface area contributed by atoms with Gasteiger partial charge in [-0.2, -0.15) is 11.8 Å². The molecule has 1 fully saturated rings. The molecular formula is C12H15ClFNOS. The van der Waals surface area contributed by atoms with E-state index >= 15 is 0 Å². The summed E-state index contributed by atoms with van der Waals surface area (Å²) in [6.45, 7) is 0.623. The average molecular weight is 276 g/mol. The average Bonchev–Trinajstić information content (AvgIpc) is 2.33. The van der Waals surface area contributed by atoms with Gasteiger partial charge in [-0.3, -0.25) is 0 Å². The minimum absolute atomic E-state index is 0.0717. The smallest absolute Gasteiger partial charge is 0.147 e. The number of ether oxygens (including phenoxy) is 1. The Balaban J connectivity index is 1.96. The molecule has 0 aromatic heterocycles. The van der Waals surface area contributed by atoms with E-state index in [1.165, 1.54) is 30.7 Å². The lowest BCUT2D eigenvalue weighted by atomic mass is 10.1. The zero-order chi connectivity index (χ0) is 12.3. The highest BCUT2D eigenvalue weighted by atomic mass is 35.5. The Morgan fingerprint density at radius 2 is 2.35 bits per heavy atom. The number of anilines is 1. The van der Waals surface area contributed by atoms with Crippen LogP contribution in [0.2, 0.25) is 5.02 Å². The molecule has 1 aromatic rings. The van der Waals surface area contributed by atoms with Gasteiger partial charge >= 0.3 is 0 Å². The first-order chi connectivity index (χ1) is 8.16. The lowest BCUT2D eigenvalue weighted by Gasteiger charge is -2.21. The Morgan fingerprint density at radius 1 is 1.53 bits per heavy atom. The summed E-state index contributed by atoms with van der Waals surface area (Å²) in [6.07, 6.45) is 2.42. The topological polar surface area (TPSA) is 35.2 Å². The number of thioether (sulfide) groups is 1. The van der Waals surface area contributed by atoms with Gasteiger partial charge in [0.05, 0.1) is 17.3 Å². The first kappa shape index (κ1) is 12.8. The van der Waals surface area contributed by atoms with Gasteiger partial charge in [0.15, 0.2) is 0 Å². The van der Waals surface area contributed by atoms with Crippen LogP contribution in [0.1, 0.15) is 12.8 Å². The minimum atomic E-state index is -0.504. The molecule has 2 rings (SSSR count). The normalized spacial score (nSPS) is 20.2. The molecule has 2 nitrogen and oxygen atoms in total. The maximum atomic E-state index is 13.1. The Morgan fingerprint density at radius 3 is 3.06 bits per heavy atom. The molecule has 1 saturated heterocycles. The zero-order valence-corrected chi connectivity index (χ0v) is 11.0. The standard InChI is InChI=1S/C12H15ClFNOS/c13-9-4-10(14)11(15)5-12(9)16-6-8-2-1-3-17-7-8/h4-5,8H,1-3,6-7,15H2. The molecule has 0 aliphatic carbocycles. The van der Waals surface area contributed by atoms with Crippen LogP contribution in [0.3, 0.4) is 0 Å². The highest BCUT2D eigenvalue weighted by Crippen LogP contribution is 2.30. The predicted molar refractivity (Wildman–Crippen MR) is 71.4 cm³/mol. The number of benzene rings is 1. The van der Waals surface area contributed by atoms with E-state index in [-0.39, 0.29) is 10.7 Å². The van der Waals surface area contributed by atoms with Crippen molar-refractivity contribution < 1.29 is 9.13 Å². The lowest BCUT2D eigenvalue weighted by Crippen LogP contribution is -2.18. The molecule has 2 N–H and O–H groups in total. The van der Waals surface area contributed by atoms with E-state index < -0.39 is 5.82 Å². The first-order valence-electron chi connectivity index (χ1n) is 5.62. The van der Waals surface area contributed by atoms with Crippen molar-refractivity contribution in [3.8, 4) is 5.75 Å². The van der Waals surface area contributed by atoms with Crippen molar-refractivity contribution in [2.75, 3.05) is 23.8 Å². The van der Waals surface area contributed by atoms with Crippen LogP contribution in [0, 0.1) is 11.7 Å². The highest BCUT2D eigenvalue weighted by molar-refractivity contribution is 7.99. The second-order valence-corrected chi connectivity index (χ2v) is 5.76. The van der Waals surface area contributed by atoms with Crippen molar-refractivity contribution in [2.24, 2.45) is 5.92 Å². The van der Waals surface area contributed by atoms with Crippen molar-refractivity contribution in [3.05, 3.63) is 23.0 Å². The van der Waals surface area contributed by atoms with Crippen LogP contribution in [0.5, 0.6) is 5.75 Å². The maximum Gasteiger partial charge on any atom is 0.147 e. The fraction of sp³-hybridized carbons (Fsp3) is 0.500. The van der Waals surface area contributed by atoms with E-state index in [1.807, 2.05) is 11.8 Å². The van der Waals surface area contributed by atoms with E-state index in [2.05, 4.69) is 0 Å². The molecule has 0 saturated carbocycles. The third-order valence-corrected chi connectivity index (χ3v) is 4.36. The summed E-state index contributed by atoms with van der Waals surface area (Å²) in [7, 11) is 0. The fourth-order valence-corrected chi connectivity index (χ4v) is 3.14. The monoisotopic (exact) mass is 275 g/mol. The number of halogens is 2. The molecule has 0 amide bonds. The third kappa shape index (κ3) is 3.42. The quantitative estimate of drug-likeness (QED) is 0.857. The molecular weight excluding hydrogens is 261 g/mol. The zero-order valence-electron chi connectivity index (χ0n) is 9.42. The molecule has 1 aliphatic heterocycles. The van der Waals surface area contributed by atoms with Crippen LogP contribution in [0.15, 0.2) is 12.1 Å². The number of hydrogen-bond donors (Lipinski definition) is 1. The summed E-state index contributed by atoms with van der Waals surface area (Å²) >= 11 is 7.84. The third-order valence-electron chi connectivity index (χ3n) is 2.78. The van der Waals surface area contributed by atoms with Gasteiger partial charge in [0, 0.05) is 12.0 Å². The van der Waals surface area contributed by atoms with Gasteiger partial charge in [0.25, 0.3) is 0 Å². The molecule has 94 valence electrons. The number of nitrogen functional groups attached to an aromatic ring is 1. The molecule has 5 heteroatoms. The second kappa shape index (κ2) is 5.83. The molecule has 17 heavy (non-hydrogen) atoms. The summed E-state index contributed by atoms with van der Waals surface area (Å²) in [5, 5.41) is 0.278. The van der Waals surface area contributed by atoms with E-state index in [1.54, 1.807) is 0 Å². The highest BCUT2D eigenvalue weighted by Gasteiger charge is 2.15. The lowest BCUT2D eigenvalue weighted by molar-refractivity contribution is 0.252. The van der Waals surface area contributed by atoms with Gasteiger partial charge in [0.2, 0.25) is 0 Å². The molecule has 0 radical (unpaired) electrons. The molecule has 1 unspecified atom stereocenters. The van der Waals surface area contributed by atoms with Crippen LogP contribution in [0.4, 0.5) is 10.1 Å². The van der Waals surface area contributed by atoms with Crippen LogP contribution >= 0.6 is 23.4 Å². The Kier molecular flexibility index (Phi) is 4.40. The fourth-order valence-electron chi connectivity index (χ4n) is 1.80. The first-order valence-corrected chi connectivity index (χ1v) is 7.15. The van der Waals surface area contributed by atoms with Crippen LogP contribution in [0.25, 0.3) is 0 Å². The number of rotatable bonds is 3. The Labute approximate surface area is 110 Å². The van der Waals surface area contributed by atoms with Gasteiger partial charge in [-0.15, -0.1) is 0 Å².